The lowest BCUT2D eigenvalue weighted by Gasteiger charge is -2.60. The van der Waals surface area contributed by atoms with E-state index in [9.17, 15) is 4.79 Å². The van der Waals surface area contributed by atoms with E-state index < -0.39 is 0 Å². The summed E-state index contributed by atoms with van der Waals surface area (Å²) in [5, 5.41) is 0. The Morgan fingerprint density at radius 2 is 1.88 bits per heavy atom. The first-order valence-electron chi connectivity index (χ1n) is 10.1. The predicted octanol–water partition coefficient (Wildman–Crippen LogP) is 4.59. The summed E-state index contributed by atoms with van der Waals surface area (Å²) < 4.78 is 11.0. The Morgan fingerprint density at radius 3 is 2.67 bits per heavy atom. The van der Waals surface area contributed by atoms with Crippen molar-refractivity contribution >= 4 is 5.78 Å². The average molecular weight is 335 g/mol. The van der Waals surface area contributed by atoms with Gasteiger partial charge in [-0.25, -0.2) is 0 Å². The van der Waals surface area contributed by atoms with Crippen LogP contribution in [0.5, 0.6) is 0 Å². The van der Waals surface area contributed by atoms with Crippen LogP contribution in [0.25, 0.3) is 0 Å². The molecule has 0 amide bonds. The third kappa shape index (κ3) is 2.41. The molecule has 136 valence electrons. The predicted molar refractivity (Wildman–Crippen MR) is 93.5 cm³/mol. The fraction of sp³-hybridized carbons (Fsp3) is 0.952. The number of hydrogen-bond donors (Lipinski definition) is 0. The van der Waals surface area contributed by atoms with Crippen molar-refractivity contribution in [2.45, 2.75) is 77.7 Å². The fourth-order valence-corrected chi connectivity index (χ4v) is 7.31. The third-order valence-electron chi connectivity index (χ3n) is 8.75. The Kier molecular flexibility index (Phi) is 4.32. The van der Waals surface area contributed by atoms with Gasteiger partial charge in [0.1, 0.15) is 12.6 Å². The van der Waals surface area contributed by atoms with Crippen molar-refractivity contribution < 1.29 is 14.3 Å². The topological polar surface area (TPSA) is 35.5 Å². The van der Waals surface area contributed by atoms with E-state index in [1.807, 2.05) is 0 Å². The number of carbonyl (C=O) groups is 1. The van der Waals surface area contributed by atoms with Gasteiger partial charge < -0.3 is 9.47 Å². The van der Waals surface area contributed by atoms with E-state index >= 15 is 0 Å². The van der Waals surface area contributed by atoms with Gasteiger partial charge in [-0.3, -0.25) is 4.79 Å². The fourth-order valence-electron chi connectivity index (χ4n) is 7.31. The molecule has 0 N–H and O–H groups in total. The number of fused-ring (bicyclic) bond motifs is 5. The molecule has 4 rings (SSSR count). The maximum Gasteiger partial charge on any atom is 0.146 e. The lowest BCUT2D eigenvalue weighted by atomic mass is 9.45. The molecule has 7 atom stereocenters. The number of carbonyl (C=O) groups excluding carboxylic acids is 1. The van der Waals surface area contributed by atoms with Crippen LogP contribution < -0.4 is 0 Å². The summed E-state index contributed by atoms with van der Waals surface area (Å²) in [6.45, 7) is 5.29. The SMILES string of the molecule is COCO[C@H]1CC[C@@]2(C)[C@@H](CC[C@@H]3[C@@H]2CC[C@]2(C)C(=O)CC[C@@H]32)C1. The molecule has 4 fully saturated rings. The maximum absolute atomic E-state index is 12.5. The summed E-state index contributed by atoms with van der Waals surface area (Å²) in [5.41, 5.74) is 0.492. The highest BCUT2D eigenvalue weighted by molar-refractivity contribution is 5.87. The van der Waals surface area contributed by atoms with Gasteiger partial charge in [-0.1, -0.05) is 13.8 Å². The van der Waals surface area contributed by atoms with E-state index in [1.165, 1.54) is 38.5 Å². The Morgan fingerprint density at radius 1 is 1.04 bits per heavy atom. The summed E-state index contributed by atoms with van der Waals surface area (Å²) >= 11 is 0. The Bertz CT molecular complexity index is 503. The monoisotopic (exact) mass is 334 g/mol. The molecule has 0 bridgehead atoms. The largest absolute Gasteiger partial charge is 0.359 e. The zero-order valence-electron chi connectivity index (χ0n) is 15.7. The van der Waals surface area contributed by atoms with E-state index in [-0.39, 0.29) is 5.41 Å². The van der Waals surface area contributed by atoms with Crippen LogP contribution in [-0.4, -0.2) is 25.8 Å². The van der Waals surface area contributed by atoms with Crippen molar-refractivity contribution in [3.05, 3.63) is 0 Å². The molecule has 4 aliphatic rings. The van der Waals surface area contributed by atoms with Crippen LogP contribution in [0, 0.1) is 34.5 Å². The second-order valence-corrected chi connectivity index (χ2v) is 9.54. The molecular formula is C21H34O3. The first kappa shape index (κ1) is 17.0. The van der Waals surface area contributed by atoms with Gasteiger partial charge in [0.15, 0.2) is 0 Å². The summed E-state index contributed by atoms with van der Waals surface area (Å²) in [7, 11) is 1.71. The van der Waals surface area contributed by atoms with Crippen molar-refractivity contribution in [3.8, 4) is 0 Å². The van der Waals surface area contributed by atoms with E-state index in [0.29, 0.717) is 30.0 Å². The van der Waals surface area contributed by atoms with Crippen LogP contribution in [0.2, 0.25) is 0 Å². The molecule has 0 aliphatic heterocycles. The van der Waals surface area contributed by atoms with Crippen LogP contribution in [0.4, 0.5) is 0 Å². The number of ketones is 1. The Hall–Kier alpha value is -0.410. The van der Waals surface area contributed by atoms with Gasteiger partial charge >= 0.3 is 0 Å². The molecule has 0 unspecified atom stereocenters. The van der Waals surface area contributed by atoms with Crippen LogP contribution in [0.15, 0.2) is 0 Å². The molecule has 0 aromatic heterocycles. The molecule has 0 aromatic carbocycles. The minimum absolute atomic E-state index is 0.0170. The van der Waals surface area contributed by atoms with Crippen molar-refractivity contribution in [3.63, 3.8) is 0 Å². The highest BCUT2D eigenvalue weighted by atomic mass is 16.7. The molecule has 24 heavy (non-hydrogen) atoms. The zero-order valence-corrected chi connectivity index (χ0v) is 15.7. The second-order valence-electron chi connectivity index (χ2n) is 9.54. The molecule has 0 saturated heterocycles. The zero-order chi connectivity index (χ0) is 16.9. The van der Waals surface area contributed by atoms with Crippen molar-refractivity contribution in [2.75, 3.05) is 13.9 Å². The number of methoxy groups -OCH3 is 1. The molecule has 0 heterocycles. The van der Waals surface area contributed by atoms with Crippen molar-refractivity contribution in [2.24, 2.45) is 34.5 Å². The number of Topliss-reactive ketones (excluding diaryl/α,β-unsaturated/α-hetero) is 1. The van der Waals surface area contributed by atoms with Crippen LogP contribution in [0.3, 0.4) is 0 Å². The quantitative estimate of drug-likeness (QED) is 0.708. The summed E-state index contributed by atoms with van der Waals surface area (Å²) in [6.07, 6.45) is 11.2. The summed E-state index contributed by atoms with van der Waals surface area (Å²) in [4.78, 5) is 12.5. The highest BCUT2D eigenvalue weighted by Crippen LogP contribution is 2.65. The number of ether oxygens (including phenoxy) is 2. The average Bonchev–Trinajstić information content (AvgIpc) is 2.88. The third-order valence-corrected chi connectivity index (χ3v) is 8.75. The molecule has 4 aliphatic carbocycles. The summed E-state index contributed by atoms with van der Waals surface area (Å²) in [6, 6.07) is 0. The van der Waals surface area contributed by atoms with Gasteiger partial charge in [0.05, 0.1) is 6.10 Å². The molecule has 0 aromatic rings. The number of hydrogen-bond acceptors (Lipinski definition) is 3. The Balaban J connectivity index is 1.51. The molecule has 4 saturated carbocycles. The van der Waals surface area contributed by atoms with Gasteiger partial charge in [-0.05, 0) is 80.5 Å². The molecular weight excluding hydrogens is 300 g/mol. The van der Waals surface area contributed by atoms with E-state index in [1.54, 1.807) is 7.11 Å². The van der Waals surface area contributed by atoms with Crippen LogP contribution in [0.1, 0.15) is 71.6 Å². The normalized spacial score (nSPS) is 51.0. The van der Waals surface area contributed by atoms with Crippen LogP contribution in [-0.2, 0) is 14.3 Å². The smallest absolute Gasteiger partial charge is 0.146 e. The number of rotatable bonds is 3. The minimum atomic E-state index is 0.0170. The van der Waals surface area contributed by atoms with Gasteiger partial charge in [0.2, 0.25) is 0 Å². The van der Waals surface area contributed by atoms with E-state index in [0.717, 1.165) is 37.0 Å². The minimum Gasteiger partial charge on any atom is -0.359 e. The molecule has 0 radical (unpaired) electrons. The van der Waals surface area contributed by atoms with Crippen molar-refractivity contribution in [1.29, 1.82) is 0 Å². The standard InChI is InChI=1S/C21H34O3/c1-20-10-8-15(24-13-23-3)12-14(20)4-5-16-17-6-7-19(22)21(17,2)11-9-18(16)20/h14-18H,4-13H2,1-3H3/t14-,15-,16-,17-,18-,20-,21-/m0/s1. The van der Waals surface area contributed by atoms with E-state index in [2.05, 4.69) is 13.8 Å². The lowest BCUT2D eigenvalue weighted by Crippen LogP contribution is -2.54. The van der Waals surface area contributed by atoms with Gasteiger partial charge in [-0.15, -0.1) is 0 Å². The highest BCUT2D eigenvalue weighted by Gasteiger charge is 2.60. The Labute approximate surface area is 146 Å². The summed E-state index contributed by atoms with van der Waals surface area (Å²) in [5.74, 6) is 3.67. The van der Waals surface area contributed by atoms with Gasteiger partial charge in [0.25, 0.3) is 0 Å². The first-order chi connectivity index (χ1) is 11.5. The first-order valence-corrected chi connectivity index (χ1v) is 10.1. The molecule has 3 heteroatoms. The maximum atomic E-state index is 12.5. The van der Waals surface area contributed by atoms with Gasteiger partial charge in [-0.2, -0.15) is 0 Å². The van der Waals surface area contributed by atoms with E-state index in [4.69, 9.17) is 9.47 Å². The van der Waals surface area contributed by atoms with Crippen LogP contribution >= 0.6 is 0 Å². The lowest BCUT2D eigenvalue weighted by molar-refractivity contribution is -0.154. The second kappa shape index (κ2) is 6.09. The van der Waals surface area contributed by atoms with Gasteiger partial charge in [0, 0.05) is 18.9 Å². The molecule has 0 spiro atoms. The molecule has 3 nitrogen and oxygen atoms in total. The van der Waals surface area contributed by atoms with Crippen molar-refractivity contribution in [1.82, 2.24) is 0 Å².